The van der Waals surface area contributed by atoms with E-state index in [0.717, 1.165) is 10.4 Å². The van der Waals surface area contributed by atoms with Gasteiger partial charge in [-0.15, -0.1) is 0 Å². The Bertz CT molecular complexity index is 981. The Hall–Kier alpha value is -2.49. The maximum absolute atomic E-state index is 4.84. The second-order valence-electron chi connectivity index (χ2n) is 5.41. The van der Waals surface area contributed by atoms with Crippen molar-refractivity contribution < 1.29 is 0 Å². The highest BCUT2D eigenvalue weighted by Gasteiger charge is 2.03. The van der Waals surface area contributed by atoms with Crippen molar-refractivity contribution in [2.45, 2.75) is 0 Å². The fourth-order valence-electron chi connectivity index (χ4n) is 2.58. The Morgan fingerprint density at radius 1 is 0.583 bits per heavy atom. The lowest BCUT2D eigenvalue weighted by molar-refractivity contribution is 1.41. The highest BCUT2D eigenvalue weighted by molar-refractivity contribution is 7.68. The molecule has 24 heavy (non-hydrogen) atoms. The minimum atomic E-state index is 0.988. The van der Waals surface area contributed by atoms with E-state index in [9.17, 15) is 0 Å². The van der Waals surface area contributed by atoms with E-state index in [-0.39, 0.29) is 0 Å². The first kappa shape index (κ1) is 15.1. The molecule has 0 aliphatic rings. The van der Waals surface area contributed by atoms with Gasteiger partial charge in [-0.3, -0.25) is 0 Å². The van der Waals surface area contributed by atoms with Crippen molar-refractivity contribution in [2.75, 3.05) is 0 Å². The molecule has 1 nitrogen and oxygen atoms in total. The fourth-order valence-corrected chi connectivity index (χ4v) is 4.63. The van der Waals surface area contributed by atoms with Crippen LogP contribution in [-0.2, 0) is 0 Å². The topological polar surface area (TPSA) is 12.4 Å². The molecule has 116 valence electrons. The van der Waals surface area contributed by atoms with Crippen LogP contribution < -0.4 is 4.67 Å². The van der Waals surface area contributed by atoms with Crippen LogP contribution in [0, 0.1) is 0 Å². The lowest BCUT2D eigenvalue weighted by atomic mass is 10.1. The fraction of sp³-hybridized carbons (Fsp3) is 0. The third-order valence-corrected chi connectivity index (χ3v) is 5.76. The molecule has 0 N–H and O–H groups in total. The van der Waals surface area contributed by atoms with Crippen LogP contribution in [-0.4, -0.2) is 0 Å². The first-order valence-corrected chi connectivity index (χ1v) is 9.95. The van der Waals surface area contributed by atoms with Crippen molar-refractivity contribution in [2.24, 2.45) is 4.99 Å². The molecule has 0 spiro atoms. The zero-order valence-corrected chi connectivity index (χ0v) is 14.6. The monoisotopic (exact) mass is 345 g/mol. The molecule has 0 radical (unpaired) electrons. The molecule has 0 amide bonds. The molecule has 0 unspecified atom stereocenters. The maximum Gasteiger partial charge on any atom is 0.135 e. The van der Waals surface area contributed by atoms with Crippen LogP contribution in [0.5, 0.6) is 0 Å². The average molecular weight is 345 g/mol. The highest BCUT2D eigenvalue weighted by atomic mass is 32.9. The van der Waals surface area contributed by atoms with Crippen molar-refractivity contribution in [3.63, 3.8) is 0 Å². The van der Waals surface area contributed by atoms with Crippen LogP contribution in [0.3, 0.4) is 0 Å². The summed E-state index contributed by atoms with van der Waals surface area (Å²) in [4.78, 5) is 4.84. The van der Waals surface area contributed by atoms with Crippen molar-refractivity contribution in [3.8, 4) is 22.3 Å². The summed E-state index contributed by atoms with van der Waals surface area (Å²) in [7, 11) is 3.44. The Morgan fingerprint density at radius 3 is 1.83 bits per heavy atom. The second-order valence-corrected chi connectivity index (χ2v) is 7.47. The lowest BCUT2D eigenvalue weighted by Gasteiger charge is -2.01. The van der Waals surface area contributed by atoms with Gasteiger partial charge in [0.25, 0.3) is 0 Å². The largest absolute Gasteiger partial charge is 0.237 e. The first-order valence-electron chi connectivity index (χ1n) is 7.74. The van der Waals surface area contributed by atoms with E-state index in [1.165, 1.54) is 22.3 Å². The lowest BCUT2D eigenvalue weighted by Crippen LogP contribution is -1.96. The maximum atomic E-state index is 4.84. The Kier molecular flexibility index (Phi) is 4.36. The Labute approximate surface area is 148 Å². The third kappa shape index (κ3) is 3.23. The van der Waals surface area contributed by atoms with E-state index in [1.807, 2.05) is 12.1 Å². The van der Waals surface area contributed by atoms with Crippen LogP contribution >= 0.6 is 20.7 Å². The molecule has 3 heteroatoms. The first-order chi connectivity index (χ1) is 11.9. The molecule has 0 atom stereocenters. The molecule has 4 aromatic rings. The summed E-state index contributed by atoms with van der Waals surface area (Å²) >= 11 is 0. The van der Waals surface area contributed by atoms with Crippen LogP contribution in [0.4, 0.5) is 5.69 Å². The molecular weight excluding hydrogens is 330 g/mol. The summed E-state index contributed by atoms with van der Waals surface area (Å²) in [5, 5.41) is 2.18. The number of hydrogen-bond donors (Lipinski definition) is 0. The minimum absolute atomic E-state index is 0.988. The van der Waals surface area contributed by atoms with Gasteiger partial charge in [-0.1, -0.05) is 93.5 Å². The van der Waals surface area contributed by atoms with E-state index in [1.54, 1.807) is 20.7 Å². The predicted molar refractivity (Wildman–Crippen MR) is 105 cm³/mol. The van der Waals surface area contributed by atoms with E-state index < -0.39 is 0 Å². The average Bonchev–Trinajstić information content (AvgIpc) is 3.12. The third-order valence-electron chi connectivity index (χ3n) is 3.81. The van der Waals surface area contributed by atoms with Gasteiger partial charge in [-0.05, 0) is 28.8 Å². The molecular formula is C21H15NS2. The standard InChI is InChI=1S/C21H15NS2/c1-3-7-16(8-4-1)17-11-13-19(14-12-17)22-21-20(15-23-24-21)18-9-5-2-6-10-18/h1-15H. The second kappa shape index (κ2) is 6.95. The molecule has 1 heterocycles. The number of rotatable bonds is 3. The van der Waals surface area contributed by atoms with Crippen molar-refractivity contribution in [1.82, 2.24) is 0 Å². The Balaban J connectivity index is 1.69. The Morgan fingerprint density at radius 2 is 1.17 bits per heavy atom. The molecule has 0 fully saturated rings. The summed E-state index contributed by atoms with van der Waals surface area (Å²) in [6, 6.07) is 29.3. The molecule has 0 bridgehead atoms. The van der Waals surface area contributed by atoms with E-state index in [0.29, 0.717) is 0 Å². The van der Waals surface area contributed by atoms with E-state index in [4.69, 9.17) is 4.99 Å². The SMILES string of the molecule is c1ccc(-c2ccc(N=c3sscc3-c3ccccc3)cc2)cc1. The van der Waals surface area contributed by atoms with Gasteiger partial charge in [0.2, 0.25) is 0 Å². The molecule has 0 aliphatic heterocycles. The number of benzene rings is 3. The summed E-state index contributed by atoms with van der Waals surface area (Å²) in [6.45, 7) is 0. The summed E-state index contributed by atoms with van der Waals surface area (Å²) < 4.78 is 1.07. The van der Waals surface area contributed by atoms with E-state index >= 15 is 0 Å². The molecule has 4 rings (SSSR count). The molecule has 3 aromatic carbocycles. The number of nitrogens with zero attached hydrogens (tertiary/aromatic N) is 1. The minimum Gasteiger partial charge on any atom is -0.237 e. The molecule has 1 aromatic heterocycles. The van der Waals surface area contributed by atoms with Crippen LogP contribution in [0.15, 0.2) is 95.3 Å². The van der Waals surface area contributed by atoms with Gasteiger partial charge >= 0.3 is 0 Å². The van der Waals surface area contributed by atoms with Gasteiger partial charge in [0.1, 0.15) is 4.67 Å². The van der Waals surface area contributed by atoms with Gasteiger partial charge in [0.05, 0.1) is 5.69 Å². The van der Waals surface area contributed by atoms with Crippen LogP contribution in [0.1, 0.15) is 0 Å². The molecule has 0 saturated heterocycles. The zero-order valence-electron chi connectivity index (χ0n) is 12.9. The zero-order chi connectivity index (χ0) is 16.2. The van der Waals surface area contributed by atoms with Gasteiger partial charge in [-0.25, -0.2) is 4.99 Å². The quantitative estimate of drug-likeness (QED) is 0.382. The van der Waals surface area contributed by atoms with Crippen LogP contribution in [0.25, 0.3) is 22.3 Å². The van der Waals surface area contributed by atoms with Crippen molar-refractivity contribution in [3.05, 3.63) is 95.0 Å². The van der Waals surface area contributed by atoms with E-state index in [2.05, 4.69) is 78.2 Å². The van der Waals surface area contributed by atoms with Crippen LogP contribution in [0.2, 0.25) is 0 Å². The van der Waals surface area contributed by atoms with Gasteiger partial charge < -0.3 is 0 Å². The van der Waals surface area contributed by atoms with Gasteiger partial charge in [0, 0.05) is 10.9 Å². The summed E-state index contributed by atoms with van der Waals surface area (Å²) in [5.74, 6) is 0. The smallest absolute Gasteiger partial charge is 0.135 e. The summed E-state index contributed by atoms with van der Waals surface area (Å²) in [6.07, 6.45) is 0. The molecule has 0 aliphatic carbocycles. The van der Waals surface area contributed by atoms with Gasteiger partial charge in [-0.2, -0.15) is 0 Å². The normalized spacial score (nSPS) is 11.6. The summed E-state index contributed by atoms with van der Waals surface area (Å²) in [5.41, 5.74) is 5.85. The van der Waals surface area contributed by atoms with Crippen molar-refractivity contribution >= 4 is 26.4 Å². The van der Waals surface area contributed by atoms with Gasteiger partial charge in [0.15, 0.2) is 0 Å². The predicted octanol–water partition coefficient (Wildman–Crippen LogP) is 6.38. The van der Waals surface area contributed by atoms with Crippen molar-refractivity contribution in [1.29, 1.82) is 0 Å². The molecule has 0 saturated carbocycles. The number of hydrogen-bond acceptors (Lipinski definition) is 3. The highest BCUT2D eigenvalue weighted by Crippen LogP contribution is 2.24.